The summed E-state index contributed by atoms with van der Waals surface area (Å²) in [4.78, 5) is 4.33. The molecule has 3 nitrogen and oxygen atoms in total. The molecule has 0 radical (unpaired) electrons. The number of hydrogen-bond donors (Lipinski definition) is 2. The van der Waals surface area contributed by atoms with Gasteiger partial charge in [0.15, 0.2) is 0 Å². The van der Waals surface area contributed by atoms with Crippen molar-refractivity contribution in [2.24, 2.45) is 10.9 Å². The SMILES string of the molecule is Cc1cc(F)ccc1[C@@](O)(CC1CN=CN1)C1(SC2CCC(CCc3ccc(I)cc3)CC2)CC1. The molecule has 3 aliphatic rings. The van der Waals surface area contributed by atoms with Gasteiger partial charge in [0.1, 0.15) is 11.4 Å². The molecule has 1 unspecified atom stereocenters. The third kappa shape index (κ3) is 5.74. The van der Waals surface area contributed by atoms with E-state index in [4.69, 9.17) is 0 Å². The highest BCUT2D eigenvalue weighted by molar-refractivity contribution is 14.1. The Morgan fingerprint density at radius 3 is 2.51 bits per heavy atom. The van der Waals surface area contributed by atoms with E-state index >= 15 is 0 Å². The Labute approximate surface area is 226 Å². The monoisotopic (exact) mass is 606 g/mol. The zero-order valence-corrected chi connectivity index (χ0v) is 23.5. The first-order chi connectivity index (χ1) is 16.9. The second-order valence-corrected chi connectivity index (χ2v) is 13.7. The van der Waals surface area contributed by atoms with Crippen molar-refractivity contribution < 1.29 is 9.50 Å². The summed E-state index contributed by atoms with van der Waals surface area (Å²) in [6, 6.07) is 14.0. The first-order valence-corrected chi connectivity index (χ1v) is 15.0. The zero-order chi connectivity index (χ0) is 24.5. The molecule has 6 heteroatoms. The van der Waals surface area contributed by atoms with E-state index in [2.05, 4.69) is 57.2 Å². The van der Waals surface area contributed by atoms with Crippen LogP contribution in [0, 0.1) is 22.2 Å². The van der Waals surface area contributed by atoms with Gasteiger partial charge in [-0.15, -0.1) is 11.8 Å². The standard InChI is InChI=1S/C29H36FIN2OS/c1-20-16-23(30)8-13-27(20)29(34,17-25-18-32-19-33-25)28(14-15-28)35-26-11-6-22(7-12-26)3-2-21-4-9-24(31)10-5-21/h4-5,8-10,13,16,19,22,25-26,34H,2-3,6-7,11-12,14-15,17-18H2,1H3,(H,32,33)/t22?,25?,26?,29-/m0/s1. The molecule has 2 aromatic rings. The van der Waals surface area contributed by atoms with Crippen LogP contribution >= 0.6 is 34.4 Å². The van der Waals surface area contributed by atoms with E-state index in [1.807, 2.05) is 24.8 Å². The van der Waals surface area contributed by atoms with Crippen molar-refractivity contribution in [3.05, 3.63) is 68.5 Å². The van der Waals surface area contributed by atoms with Crippen LogP contribution in [0.15, 0.2) is 47.5 Å². The van der Waals surface area contributed by atoms with E-state index in [1.165, 1.54) is 53.7 Å². The van der Waals surface area contributed by atoms with Crippen molar-refractivity contribution >= 4 is 40.7 Å². The van der Waals surface area contributed by atoms with E-state index < -0.39 is 5.60 Å². The molecule has 2 aromatic carbocycles. The molecular formula is C29H36FIN2OS. The molecule has 35 heavy (non-hydrogen) atoms. The number of aryl methyl sites for hydroxylation is 2. The van der Waals surface area contributed by atoms with Crippen LogP contribution in [0.5, 0.6) is 0 Å². The summed E-state index contributed by atoms with van der Waals surface area (Å²) in [5, 5.41) is 16.3. The smallest absolute Gasteiger partial charge is 0.123 e. The number of aliphatic imine (C=N–C) groups is 1. The van der Waals surface area contributed by atoms with Crippen LogP contribution in [0.25, 0.3) is 0 Å². The number of hydrogen-bond acceptors (Lipinski definition) is 4. The van der Waals surface area contributed by atoms with Gasteiger partial charge < -0.3 is 10.4 Å². The van der Waals surface area contributed by atoms with E-state index in [-0.39, 0.29) is 16.6 Å². The van der Waals surface area contributed by atoms with Gasteiger partial charge in [-0.25, -0.2) is 4.39 Å². The van der Waals surface area contributed by atoms with Crippen molar-refractivity contribution in [3.8, 4) is 0 Å². The van der Waals surface area contributed by atoms with Crippen molar-refractivity contribution in [2.45, 2.75) is 86.4 Å². The molecular weight excluding hydrogens is 570 g/mol. The number of rotatable bonds is 9. The molecule has 188 valence electrons. The van der Waals surface area contributed by atoms with Crippen LogP contribution in [0.2, 0.25) is 0 Å². The van der Waals surface area contributed by atoms with Gasteiger partial charge in [-0.1, -0.05) is 18.2 Å². The normalized spacial score (nSPS) is 26.8. The van der Waals surface area contributed by atoms with E-state index in [0.29, 0.717) is 18.2 Å². The predicted molar refractivity (Wildman–Crippen MR) is 153 cm³/mol. The molecule has 0 aromatic heterocycles. The zero-order valence-electron chi connectivity index (χ0n) is 20.5. The predicted octanol–water partition coefficient (Wildman–Crippen LogP) is 6.77. The van der Waals surface area contributed by atoms with Gasteiger partial charge in [0.25, 0.3) is 0 Å². The molecule has 0 bridgehead atoms. The summed E-state index contributed by atoms with van der Waals surface area (Å²) < 4.78 is 15.0. The maximum atomic E-state index is 13.9. The van der Waals surface area contributed by atoms with Crippen LogP contribution in [-0.2, 0) is 12.0 Å². The summed E-state index contributed by atoms with van der Waals surface area (Å²) in [5.41, 5.74) is 2.20. The van der Waals surface area contributed by atoms with Gasteiger partial charge in [-0.3, -0.25) is 4.99 Å². The van der Waals surface area contributed by atoms with Crippen LogP contribution in [-0.4, -0.2) is 34.0 Å². The lowest BCUT2D eigenvalue weighted by atomic mass is 9.80. The molecule has 0 spiro atoms. The Bertz CT molecular complexity index is 1040. The van der Waals surface area contributed by atoms with Gasteiger partial charge in [-0.05, 0) is 128 Å². The average Bonchev–Trinajstić information content (AvgIpc) is 3.46. The Morgan fingerprint density at radius 1 is 1.14 bits per heavy atom. The molecule has 1 aliphatic heterocycles. The number of halogens is 2. The molecule has 5 rings (SSSR count). The van der Waals surface area contributed by atoms with Gasteiger partial charge >= 0.3 is 0 Å². The summed E-state index contributed by atoms with van der Waals surface area (Å²) in [6.07, 6.45) is 11.9. The Hall–Kier alpha value is -1.12. The topological polar surface area (TPSA) is 44.6 Å². The molecule has 2 saturated carbocycles. The average molecular weight is 607 g/mol. The van der Waals surface area contributed by atoms with Gasteiger partial charge in [0, 0.05) is 26.0 Å². The third-order valence-corrected chi connectivity index (χ3v) is 11.0. The third-order valence-electron chi connectivity index (χ3n) is 8.30. The molecule has 0 amide bonds. The summed E-state index contributed by atoms with van der Waals surface area (Å²) in [5.74, 6) is 0.566. The summed E-state index contributed by atoms with van der Waals surface area (Å²) in [7, 11) is 0. The molecule has 0 saturated heterocycles. The summed E-state index contributed by atoms with van der Waals surface area (Å²) in [6.45, 7) is 2.62. The van der Waals surface area contributed by atoms with Gasteiger partial charge in [0.2, 0.25) is 0 Å². The fourth-order valence-corrected chi connectivity index (χ4v) is 8.36. The molecule has 2 aliphatic carbocycles. The van der Waals surface area contributed by atoms with E-state index in [9.17, 15) is 9.50 Å². The van der Waals surface area contributed by atoms with Crippen LogP contribution < -0.4 is 5.32 Å². The number of thioether (sulfide) groups is 1. The maximum Gasteiger partial charge on any atom is 0.123 e. The highest BCUT2D eigenvalue weighted by Crippen LogP contribution is 2.63. The van der Waals surface area contributed by atoms with Crippen LogP contribution in [0.4, 0.5) is 4.39 Å². The van der Waals surface area contributed by atoms with Crippen molar-refractivity contribution in [1.82, 2.24) is 5.32 Å². The number of aliphatic hydroxyl groups is 1. The fourth-order valence-electron chi connectivity index (χ4n) is 6.13. The number of nitrogens with zero attached hydrogens (tertiary/aromatic N) is 1. The molecule has 2 fully saturated rings. The number of nitrogens with one attached hydrogen (secondary N) is 1. The molecule has 1 heterocycles. The fraction of sp³-hybridized carbons (Fsp3) is 0.552. The maximum absolute atomic E-state index is 13.9. The quantitative estimate of drug-likeness (QED) is 0.310. The second-order valence-electron chi connectivity index (χ2n) is 10.8. The second kappa shape index (κ2) is 10.7. The number of benzene rings is 2. The van der Waals surface area contributed by atoms with Crippen molar-refractivity contribution in [2.75, 3.05) is 6.54 Å². The first-order valence-electron chi connectivity index (χ1n) is 13.0. The van der Waals surface area contributed by atoms with E-state index in [0.717, 1.165) is 29.9 Å². The van der Waals surface area contributed by atoms with Gasteiger partial charge in [0.05, 0.1) is 12.9 Å². The molecule has 2 N–H and O–H groups in total. The molecule has 2 atom stereocenters. The lowest BCUT2D eigenvalue weighted by Gasteiger charge is -2.42. The minimum absolute atomic E-state index is 0.125. The summed E-state index contributed by atoms with van der Waals surface area (Å²) >= 11 is 4.40. The Balaban J connectivity index is 1.24. The van der Waals surface area contributed by atoms with Crippen LogP contribution in [0.3, 0.4) is 0 Å². The van der Waals surface area contributed by atoms with Crippen molar-refractivity contribution in [1.29, 1.82) is 0 Å². The Kier molecular flexibility index (Phi) is 7.81. The Morgan fingerprint density at radius 2 is 1.89 bits per heavy atom. The highest BCUT2D eigenvalue weighted by atomic mass is 127. The minimum Gasteiger partial charge on any atom is -0.384 e. The van der Waals surface area contributed by atoms with Gasteiger partial charge in [-0.2, -0.15) is 0 Å². The lowest BCUT2D eigenvalue weighted by molar-refractivity contribution is 0.00954. The van der Waals surface area contributed by atoms with Crippen molar-refractivity contribution in [3.63, 3.8) is 0 Å². The van der Waals surface area contributed by atoms with E-state index in [1.54, 1.807) is 12.4 Å². The highest BCUT2D eigenvalue weighted by Gasteiger charge is 2.61. The lowest BCUT2D eigenvalue weighted by Crippen LogP contribution is -2.46. The first kappa shape index (κ1) is 25.5. The van der Waals surface area contributed by atoms with Crippen LogP contribution in [0.1, 0.15) is 68.1 Å². The largest absolute Gasteiger partial charge is 0.384 e. The minimum atomic E-state index is -0.984.